The number of hydrogen-bond acceptors (Lipinski definition) is 6. The van der Waals surface area contributed by atoms with Gasteiger partial charge in [-0.15, -0.1) is 0 Å². The van der Waals surface area contributed by atoms with Gasteiger partial charge in [0.05, 0.1) is 12.4 Å². The SMILES string of the molecule is Cc1ccncc1-c1noc(C(N)Cc2cnc[nH]2)n1. The maximum Gasteiger partial charge on any atom is 0.244 e. The van der Waals surface area contributed by atoms with Gasteiger partial charge in [0.25, 0.3) is 0 Å². The first kappa shape index (κ1) is 12.5. The van der Waals surface area contributed by atoms with Gasteiger partial charge in [-0.1, -0.05) is 5.16 Å². The summed E-state index contributed by atoms with van der Waals surface area (Å²) in [6.07, 6.45) is 7.34. The molecule has 20 heavy (non-hydrogen) atoms. The average molecular weight is 270 g/mol. The third-order valence-corrected chi connectivity index (χ3v) is 3.03. The smallest absolute Gasteiger partial charge is 0.244 e. The summed E-state index contributed by atoms with van der Waals surface area (Å²) in [7, 11) is 0. The van der Waals surface area contributed by atoms with Crippen molar-refractivity contribution < 1.29 is 4.52 Å². The van der Waals surface area contributed by atoms with E-state index in [2.05, 4.69) is 25.1 Å². The third-order valence-electron chi connectivity index (χ3n) is 3.03. The van der Waals surface area contributed by atoms with Crippen LogP contribution in [0.25, 0.3) is 11.4 Å². The molecule has 3 aromatic heterocycles. The van der Waals surface area contributed by atoms with Crippen LogP contribution in [0.4, 0.5) is 0 Å². The fraction of sp³-hybridized carbons (Fsp3) is 0.231. The summed E-state index contributed by atoms with van der Waals surface area (Å²) in [5.74, 6) is 0.906. The quantitative estimate of drug-likeness (QED) is 0.742. The van der Waals surface area contributed by atoms with Crippen LogP contribution >= 0.6 is 0 Å². The number of nitrogens with zero attached hydrogens (tertiary/aromatic N) is 4. The van der Waals surface area contributed by atoms with Crippen LogP contribution in [0, 0.1) is 6.92 Å². The fourth-order valence-electron chi connectivity index (χ4n) is 1.91. The molecule has 0 fully saturated rings. The van der Waals surface area contributed by atoms with Gasteiger partial charge in [-0.05, 0) is 18.6 Å². The van der Waals surface area contributed by atoms with Crippen LogP contribution in [0.15, 0.2) is 35.5 Å². The van der Waals surface area contributed by atoms with Crippen LogP contribution in [-0.4, -0.2) is 25.1 Å². The summed E-state index contributed by atoms with van der Waals surface area (Å²) >= 11 is 0. The molecule has 0 aromatic carbocycles. The number of rotatable bonds is 4. The van der Waals surface area contributed by atoms with E-state index in [4.69, 9.17) is 10.3 Å². The highest BCUT2D eigenvalue weighted by atomic mass is 16.5. The molecule has 1 atom stereocenters. The van der Waals surface area contributed by atoms with E-state index < -0.39 is 0 Å². The minimum absolute atomic E-state index is 0.367. The molecule has 0 saturated carbocycles. The van der Waals surface area contributed by atoms with Crippen molar-refractivity contribution in [2.75, 3.05) is 0 Å². The Morgan fingerprint density at radius 2 is 2.25 bits per heavy atom. The Kier molecular flexibility index (Phi) is 3.26. The Balaban J connectivity index is 1.81. The number of aryl methyl sites for hydroxylation is 1. The van der Waals surface area contributed by atoms with Crippen LogP contribution in [0.5, 0.6) is 0 Å². The average Bonchev–Trinajstić information content (AvgIpc) is 3.10. The number of pyridine rings is 1. The zero-order valence-electron chi connectivity index (χ0n) is 10.9. The third kappa shape index (κ3) is 2.43. The lowest BCUT2D eigenvalue weighted by Crippen LogP contribution is -2.14. The normalized spacial score (nSPS) is 12.5. The molecular weight excluding hydrogens is 256 g/mol. The van der Waals surface area contributed by atoms with E-state index in [1.165, 1.54) is 0 Å². The van der Waals surface area contributed by atoms with Gasteiger partial charge in [-0.25, -0.2) is 4.98 Å². The molecule has 0 bridgehead atoms. The van der Waals surface area contributed by atoms with Crippen molar-refractivity contribution in [3.8, 4) is 11.4 Å². The Morgan fingerprint density at radius 3 is 3.00 bits per heavy atom. The van der Waals surface area contributed by atoms with Gasteiger partial charge in [0.1, 0.15) is 0 Å². The molecule has 3 N–H and O–H groups in total. The highest BCUT2D eigenvalue weighted by Crippen LogP contribution is 2.21. The topological polar surface area (TPSA) is 107 Å². The molecule has 7 heteroatoms. The highest BCUT2D eigenvalue weighted by molar-refractivity contribution is 5.57. The second kappa shape index (κ2) is 5.22. The fourth-order valence-corrected chi connectivity index (χ4v) is 1.91. The lowest BCUT2D eigenvalue weighted by atomic mass is 10.1. The Hall–Kier alpha value is -2.54. The number of H-pyrrole nitrogens is 1. The van der Waals surface area contributed by atoms with Crippen molar-refractivity contribution in [2.45, 2.75) is 19.4 Å². The Morgan fingerprint density at radius 1 is 1.35 bits per heavy atom. The molecule has 0 amide bonds. The second-order valence-corrected chi connectivity index (χ2v) is 4.53. The van der Waals surface area contributed by atoms with Gasteiger partial charge in [-0.2, -0.15) is 4.98 Å². The van der Waals surface area contributed by atoms with E-state index in [0.717, 1.165) is 16.8 Å². The zero-order valence-corrected chi connectivity index (χ0v) is 10.9. The molecule has 0 spiro atoms. The Labute approximate surface area is 115 Å². The number of nitrogens with two attached hydrogens (primary N) is 1. The predicted molar refractivity (Wildman–Crippen MR) is 71.5 cm³/mol. The summed E-state index contributed by atoms with van der Waals surface area (Å²) in [4.78, 5) is 15.4. The standard InChI is InChI=1S/C13H14N6O/c1-8-2-3-15-6-10(8)12-18-13(20-19-12)11(14)4-9-5-16-7-17-9/h2-3,5-7,11H,4,14H2,1H3,(H,16,17). The van der Waals surface area contributed by atoms with E-state index in [-0.39, 0.29) is 6.04 Å². The molecule has 3 aromatic rings. The molecular formula is C13H14N6O. The van der Waals surface area contributed by atoms with Gasteiger partial charge in [0.15, 0.2) is 0 Å². The molecule has 0 aliphatic carbocycles. The van der Waals surface area contributed by atoms with Crippen LogP contribution in [-0.2, 0) is 6.42 Å². The van der Waals surface area contributed by atoms with Gasteiger partial charge < -0.3 is 15.2 Å². The van der Waals surface area contributed by atoms with Gasteiger partial charge in [-0.3, -0.25) is 4.98 Å². The summed E-state index contributed by atoms with van der Waals surface area (Å²) in [5, 5.41) is 3.97. The molecule has 7 nitrogen and oxygen atoms in total. The van der Waals surface area contributed by atoms with Crippen LogP contribution in [0.2, 0.25) is 0 Å². The number of aromatic amines is 1. The first-order valence-electron chi connectivity index (χ1n) is 6.21. The first-order chi connectivity index (χ1) is 9.74. The van der Waals surface area contributed by atoms with Gasteiger partial charge >= 0.3 is 0 Å². The monoisotopic (exact) mass is 270 g/mol. The molecule has 0 saturated heterocycles. The molecule has 0 aliphatic heterocycles. The Bertz CT molecular complexity index is 690. The largest absolute Gasteiger partial charge is 0.348 e. The van der Waals surface area contributed by atoms with Crippen LogP contribution in [0.3, 0.4) is 0 Å². The van der Waals surface area contributed by atoms with E-state index in [1.807, 2.05) is 13.0 Å². The molecule has 0 aliphatic rings. The van der Waals surface area contributed by atoms with Crippen molar-refractivity contribution in [1.29, 1.82) is 0 Å². The molecule has 102 valence electrons. The van der Waals surface area contributed by atoms with Crippen molar-refractivity contribution in [3.05, 3.63) is 48.1 Å². The summed E-state index contributed by atoms with van der Waals surface area (Å²) in [6, 6.07) is 1.53. The number of aromatic nitrogens is 5. The van der Waals surface area contributed by atoms with Crippen molar-refractivity contribution in [2.24, 2.45) is 5.73 Å². The summed E-state index contributed by atoms with van der Waals surface area (Å²) in [6.45, 7) is 1.97. The van der Waals surface area contributed by atoms with Gasteiger partial charge in [0, 0.05) is 36.3 Å². The number of nitrogens with one attached hydrogen (secondary N) is 1. The second-order valence-electron chi connectivity index (χ2n) is 4.53. The lowest BCUT2D eigenvalue weighted by Gasteiger charge is -2.03. The highest BCUT2D eigenvalue weighted by Gasteiger charge is 2.17. The van der Waals surface area contributed by atoms with Gasteiger partial charge in [0.2, 0.25) is 11.7 Å². The summed E-state index contributed by atoms with van der Waals surface area (Å²) in [5.41, 5.74) is 8.86. The lowest BCUT2D eigenvalue weighted by molar-refractivity contribution is 0.354. The minimum atomic E-state index is -0.367. The van der Waals surface area contributed by atoms with E-state index in [0.29, 0.717) is 18.1 Å². The van der Waals surface area contributed by atoms with E-state index in [9.17, 15) is 0 Å². The van der Waals surface area contributed by atoms with Crippen molar-refractivity contribution >= 4 is 0 Å². The number of imidazole rings is 1. The molecule has 3 rings (SSSR count). The first-order valence-corrected chi connectivity index (χ1v) is 6.21. The van der Waals surface area contributed by atoms with E-state index >= 15 is 0 Å². The maximum absolute atomic E-state index is 6.06. The summed E-state index contributed by atoms with van der Waals surface area (Å²) < 4.78 is 5.24. The molecule has 3 heterocycles. The minimum Gasteiger partial charge on any atom is -0.348 e. The maximum atomic E-state index is 6.06. The van der Waals surface area contributed by atoms with Crippen LogP contribution < -0.4 is 5.73 Å². The van der Waals surface area contributed by atoms with Crippen molar-refractivity contribution in [1.82, 2.24) is 25.1 Å². The predicted octanol–water partition coefficient (Wildman–Crippen LogP) is 1.41. The zero-order chi connectivity index (χ0) is 13.9. The van der Waals surface area contributed by atoms with Crippen LogP contribution in [0.1, 0.15) is 23.2 Å². The molecule has 1 unspecified atom stereocenters. The van der Waals surface area contributed by atoms with E-state index in [1.54, 1.807) is 24.9 Å². The van der Waals surface area contributed by atoms with Crippen molar-refractivity contribution in [3.63, 3.8) is 0 Å². The number of hydrogen-bond donors (Lipinski definition) is 2. The molecule has 0 radical (unpaired) electrons.